The Balaban J connectivity index is 3.72. The highest BCUT2D eigenvalue weighted by Gasteiger charge is 2.11. The van der Waals surface area contributed by atoms with Crippen molar-refractivity contribution in [2.45, 2.75) is 19.3 Å². The molecule has 0 N–H and O–H groups in total. The summed E-state index contributed by atoms with van der Waals surface area (Å²) < 4.78 is 44.6. The lowest BCUT2D eigenvalue weighted by Crippen LogP contribution is -2.10. The first-order chi connectivity index (χ1) is 5.48. The minimum atomic E-state index is -3.42. The van der Waals surface area contributed by atoms with E-state index in [0.29, 0.717) is 0 Å². The van der Waals surface area contributed by atoms with Gasteiger partial charge in [0, 0.05) is 6.42 Å². The highest BCUT2D eigenvalue weighted by atomic mass is 32.2. The van der Waals surface area contributed by atoms with Crippen molar-refractivity contribution in [3.05, 3.63) is 0 Å². The predicted octanol–water partition coefficient (Wildman–Crippen LogP) is 0.970. The van der Waals surface area contributed by atoms with Crippen LogP contribution in [0.4, 0.5) is 8.78 Å². The molecule has 0 aromatic rings. The van der Waals surface area contributed by atoms with Crippen LogP contribution in [0.2, 0.25) is 0 Å². The van der Waals surface area contributed by atoms with E-state index in [1.54, 1.807) is 0 Å². The van der Waals surface area contributed by atoms with Gasteiger partial charge in [0.25, 0.3) is 0 Å². The Labute approximate surface area is 69.9 Å². The minimum absolute atomic E-state index is 0.0817. The van der Waals surface area contributed by atoms with Gasteiger partial charge in [-0.05, 0) is 6.42 Å². The van der Waals surface area contributed by atoms with Crippen molar-refractivity contribution in [2.24, 2.45) is 0 Å². The second-order valence-electron chi connectivity index (χ2n) is 2.28. The SMILES string of the molecule is N#CCS(=O)(=O)CCCC(F)F. The third-order valence-corrected chi connectivity index (χ3v) is 2.64. The number of rotatable bonds is 5. The van der Waals surface area contributed by atoms with Crippen LogP contribution in [0, 0.1) is 11.3 Å². The minimum Gasteiger partial charge on any atom is -0.228 e. The van der Waals surface area contributed by atoms with Crippen LogP contribution in [0.25, 0.3) is 0 Å². The molecule has 0 aliphatic carbocycles. The number of halogens is 2. The largest absolute Gasteiger partial charge is 0.238 e. The van der Waals surface area contributed by atoms with Gasteiger partial charge in [0.2, 0.25) is 6.43 Å². The average molecular weight is 197 g/mol. The van der Waals surface area contributed by atoms with Crippen LogP contribution in [-0.4, -0.2) is 26.3 Å². The van der Waals surface area contributed by atoms with Crippen molar-refractivity contribution >= 4 is 9.84 Å². The zero-order chi connectivity index (χ0) is 9.61. The summed E-state index contributed by atoms with van der Waals surface area (Å²) in [5, 5.41) is 8.03. The second-order valence-corrected chi connectivity index (χ2v) is 4.47. The molecule has 0 spiro atoms. The standard InChI is InChI=1S/C6H9F2NO2S/c7-6(8)2-1-4-12(10,11)5-3-9/h6H,1-2,4-5H2. The maximum atomic E-state index is 11.5. The molecule has 0 aliphatic heterocycles. The van der Waals surface area contributed by atoms with Crippen LogP contribution in [0.1, 0.15) is 12.8 Å². The highest BCUT2D eigenvalue weighted by molar-refractivity contribution is 7.91. The number of nitriles is 1. The molecule has 0 aromatic carbocycles. The Morgan fingerprint density at radius 1 is 1.42 bits per heavy atom. The molecular formula is C6H9F2NO2S. The fourth-order valence-corrected chi connectivity index (χ4v) is 1.58. The Hall–Kier alpha value is -0.700. The van der Waals surface area contributed by atoms with Gasteiger partial charge in [0.05, 0.1) is 11.8 Å². The molecule has 70 valence electrons. The van der Waals surface area contributed by atoms with E-state index in [4.69, 9.17) is 5.26 Å². The Kier molecular flexibility index (Phi) is 4.74. The maximum Gasteiger partial charge on any atom is 0.238 e. The Morgan fingerprint density at radius 2 is 2.00 bits per heavy atom. The average Bonchev–Trinajstić information content (AvgIpc) is 1.85. The van der Waals surface area contributed by atoms with E-state index in [0.717, 1.165) is 0 Å². The molecule has 0 amide bonds. The zero-order valence-electron chi connectivity index (χ0n) is 6.33. The topological polar surface area (TPSA) is 57.9 Å². The summed E-state index contributed by atoms with van der Waals surface area (Å²) in [7, 11) is -3.42. The van der Waals surface area contributed by atoms with Gasteiger partial charge in [0.15, 0.2) is 9.84 Å². The molecule has 0 saturated heterocycles. The van der Waals surface area contributed by atoms with Crippen molar-refractivity contribution in [3.8, 4) is 6.07 Å². The van der Waals surface area contributed by atoms with E-state index in [1.165, 1.54) is 6.07 Å². The molecular weight excluding hydrogens is 188 g/mol. The van der Waals surface area contributed by atoms with Gasteiger partial charge < -0.3 is 0 Å². The lowest BCUT2D eigenvalue weighted by molar-refractivity contribution is 0.137. The molecule has 3 nitrogen and oxygen atoms in total. The first-order valence-electron chi connectivity index (χ1n) is 3.33. The van der Waals surface area contributed by atoms with E-state index < -0.39 is 28.4 Å². The van der Waals surface area contributed by atoms with Crippen LogP contribution in [-0.2, 0) is 9.84 Å². The summed E-state index contributed by atoms with van der Waals surface area (Å²) in [6, 6.07) is 1.47. The smallest absolute Gasteiger partial charge is 0.228 e. The fraction of sp³-hybridized carbons (Fsp3) is 0.833. The van der Waals surface area contributed by atoms with E-state index in [1.807, 2.05) is 0 Å². The van der Waals surface area contributed by atoms with Gasteiger partial charge in [0.1, 0.15) is 5.75 Å². The van der Waals surface area contributed by atoms with Gasteiger partial charge in [-0.3, -0.25) is 0 Å². The quantitative estimate of drug-likeness (QED) is 0.659. The summed E-state index contributed by atoms with van der Waals surface area (Å²) in [5.41, 5.74) is 0. The summed E-state index contributed by atoms with van der Waals surface area (Å²) >= 11 is 0. The molecule has 0 aromatic heterocycles. The Morgan fingerprint density at radius 3 is 2.42 bits per heavy atom. The number of hydrogen-bond acceptors (Lipinski definition) is 3. The normalized spacial score (nSPS) is 11.5. The van der Waals surface area contributed by atoms with Gasteiger partial charge in [-0.1, -0.05) is 0 Å². The van der Waals surface area contributed by atoms with Gasteiger partial charge >= 0.3 is 0 Å². The molecule has 0 bridgehead atoms. The summed E-state index contributed by atoms with van der Waals surface area (Å²) in [6.07, 6.45) is -2.98. The highest BCUT2D eigenvalue weighted by Crippen LogP contribution is 2.04. The van der Waals surface area contributed by atoms with E-state index in [9.17, 15) is 17.2 Å². The van der Waals surface area contributed by atoms with Gasteiger partial charge in [-0.15, -0.1) is 0 Å². The lowest BCUT2D eigenvalue weighted by Gasteiger charge is -1.98. The second kappa shape index (κ2) is 5.04. The summed E-state index contributed by atoms with van der Waals surface area (Å²) in [5.74, 6) is -0.916. The monoisotopic (exact) mass is 197 g/mol. The first-order valence-corrected chi connectivity index (χ1v) is 5.15. The van der Waals surface area contributed by atoms with E-state index in [2.05, 4.69) is 0 Å². The fourth-order valence-electron chi connectivity index (χ4n) is 0.628. The van der Waals surface area contributed by atoms with Crippen LogP contribution in [0.15, 0.2) is 0 Å². The van der Waals surface area contributed by atoms with Crippen molar-refractivity contribution in [1.82, 2.24) is 0 Å². The molecule has 0 aliphatic rings. The van der Waals surface area contributed by atoms with Crippen molar-refractivity contribution in [3.63, 3.8) is 0 Å². The van der Waals surface area contributed by atoms with E-state index in [-0.39, 0.29) is 12.2 Å². The molecule has 6 heteroatoms. The molecule has 0 atom stereocenters. The molecule has 0 rings (SSSR count). The molecule has 0 heterocycles. The number of sulfone groups is 1. The van der Waals surface area contributed by atoms with Crippen LogP contribution in [0.5, 0.6) is 0 Å². The molecule has 0 fully saturated rings. The summed E-state index contributed by atoms with van der Waals surface area (Å²) in [4.78, 5) is 0. The third-order valence-electron chi connectivity index (χ3n) is 1.16. The lowest BCUT2D eigenvalue weighted by atomic mass is 10.4. The zero-order valence-corrected chi connectivity index (χ0v) is 7.15. The number of nitrogens with zero attached hydrogens (tertiary/aromatic N) is 1. The molecule has 0 unspecified atom stereocenters. The predicted molar refractivity (Wildman–Crippen MR) is 39.5 cm³/mol. The third kappa shape index (κ3) is 6.04. The first kappa shape index (κ1) is 11.3. The summed E-state index contributed by atoms with van der Waals surface area (Å²) in [6.45, 7) is 0. The maximum absolute atomic E-state index is 11.5. The number of alkyl halides is 2. The number of hydrogen-bond donors (Lipinski definition) is 0. The molecule has 0 saturated carbocycles. The molecule has 12 heavy (non-hydrogen) atoms. The van der Waals surface area contributed by atoms with Crippen molar-refractivity contribution in [2.75, 3.05) is 11.5 Å². The van der Waals surface area contributed by atoms with Crippen LogP contribution in [0.3, 0.4) is 0 Å². The van der Waals surface area contributed by atoms with Gasteiger partial charge in [-0.25, -0.2) is 17.2 Å². The van der Waals surface area contributed by atoms with Crippen molar-refractivity contribution < 1.29 is 17.2 Å². The van der Waals surface area contributed by atoms with Crippen LogP contribution >= 0.6 is 0 Å². The molecule has 0 radical (unpaired) electrons. The van der Waals surface area contributed by atoms with Crippen LogP contribution < -0.4 is 0 Å². The van der Waals surface area contributed by atoms with Gasteiger partial charge in [-0.2, -0.15) is 5.26 Å². The van der Waals surface area contributed by atoms with E-state index >= 15 is 0 Å². The Bertz CT molecular complexity index is 255. The van der Waals surface area contributed by atoms with Crippen molar-refractivity contribution in [1.29, 1.82) is 5.26 Å².